The summed E-state index contributed by atoms with van der Waals surface area (Å²) < 4.78 is 5.03. The van der Waals surface area contributed by atoms with E-state index < -0.39 is 0 Å². The van der Waals surface area contributed by atoms with Crippen LogP contribution in [0.4, 0.5) is 0 Å². The largest absolute Gasteiger partial charge is 0.263 e. The van der Waals surface area contributed by atoms with E-state index in [1.807, 2.05) is 7.05 Å². The van der Waals surface area contributed by atoms with E-state index in [0.29, 0.717) is 17.4 Å². The zero-order chi connectivity index (χ0) is 13.7. The third-order valence-corrected chi connectivity index (χ3v) is 3.21. The quantitative estimate of drug-likeness (QED) is 0.548. The summed E-state index contributed by atoms with van der Waals surface area (Å²) in [4.78, 5) is 8.82. The van der Waals surface area contributed by atoms with Crippen molar-refractivity contribution >= 4 is 28.3 Å². The van der Waals surface area contributed by atoms with E-state index in [2.05, 4.69) is 25.3 Å². The molecule has 0 aliphatic heterocycles. The number of halogens is 1. The maximum atomic E-state index is 5.84. The van der Waals surface area contributed by atoms with Crippen LogP contribution in [0.25, 0.3) is 16.7 Å². The van der Waals surface area contributed by atoms with Gasteiger partial charge in [-0.3, -0.25) is 9.36 Å². The molecule has 0 aromatic carbocycles. The summed E-state index contributed by atoms with van der Waals surface area (Å²) in [6.07, 6.45) is 6.68. The second kappa shape index (κ2) is 4.01. The van der Waals surface area contributed by atoms with Gasteiger partial charge in [0.05, 0.1) is 22.8 Å². The summed E-state index contributed by atoms with van der Waals surface area (Å²) in [5, 5.41) is 14.1. The molecule has 100 valence electrons. The highest BCUT2D eigenvalue weighted by Gasteiger charge is 2.11. The molecule has 4 aromatic heterocycles. The first-order chi connectivity index (χ1) is 9.70. The van der Waals surface area contributed by atoms with E-state index in [1.54, 1.807) is 38.8 Å². The monoisotopic (exact) mass is 288 g/mol. The van der Waals surface area contributed by atoms with Gasteiger partial charge in [0.25, 0.3) is 0 Å². The minimum atomic E-state index is 0.455. The molecule has 8 nitrogen and oxygen atoms in total. The number of aryl methyl sites for hydroxylation is 1. The summed E-state index contributed by atoms with van der Waals surface area (Å²) in [7, 11) is 1.84. The zero-order valence-electron chi connectivity index (χ0n) is 10.5. The van der Waals surface area contributed by atoms with E-state index in [-0.39, 0.29) is 0 Å². The van der Waals surface area contributed by atoms with Gasteiger partial charge in [-0.05, 0) is 0 Å². The Morgan fingerprint density at radius 2 is 2.10 bits per heavy atom. The van der Waals surface area contributed by atoms with Gasteiger partial charge in [0.15, 0.2) is 17.1 Å². The molecule has 0 atom stereocenters. The Hall–Kier alpha value is -2.48. The molecule has 0 amide bonds. The van der Waals surface area contributed by atoms with Crippen LogP contribution in [0, 0.1) is 0 Å². The molecule has 0 aliphatic carbocycles. The van der Waals surface area contributed by atoms with Crippen molar-refractivity contribution in [2.24, 2.45) is 7.05 Å². The van der Waals surface area contributed by atoms with Crippen molar-refractivity contribution < 1.29 is 0 Å². The second-order valence-corrected chi connectivity index (χ2v) is 4.84. The van der Waals surface area contributed by atoms with Crippen molar-refractivity contribution in [3.05, 3.63) is 35.8 Å². The Morgan fingerprint density at radius 3 is 2.90 bits per heavy atom. The maximum absolute atomic E-state index is 5.84. The van der Waals surface area contributed by atoms with Gasteiger partial charge in [0.2, 0.25) is 0 Å². The molecule has 9 heteroatoms. The van der Waals surface area contributed by atoms with Crippen molar-refractivity contribution in [1.29, 1.82) is 0 Å². The molecule has 4 aromatic rings. The van der Waals surface area contributed by atoms with Crippen LogP contribution in [0.1, 0.15) is 5.82 Å². The van der Waals surface area contributed by atoms with Gasteiger partial charge in [0.1, 0.15) is 12.9 Å². The van der Waals surface area contributed by atoms with Crippen LogP contribution in [0.3, 0.4) is 0 Å². The van der Waals surface area contributed by atoms with Crippen molar-refractivity contribution in [1.82, 2.24) is 39.1 Å². The molecule has 0 spiro atoms. The molecule has 0 saturated heterocycles. The number of nitrogens with zero attached hydrogens (tertiary/aromatic N) is 8. The SMILES string of the molecule is Cn1ncc2c1ncn1nc(Cn3cc(Cl)cn3)nc21. The Balaban J connectivity index is 1.83. The van der Waals surface area contributed by atoms with Gasteiger partial charge in [-0.2, -0.15) is 10.2 Å². The molecule has 4 rings (SSSR count). The van der Waals surface area contributed by atoms with E-state index in [9.17, 15) is 0 Å². The van der Waals surface area contributed by atoms with Gasteiger partial charge in [-0.15, -0.1) is 5.10 Å². The van der Waals surface area contributed by atoms with Crippen LogP contribution >= 0.6 is 11.6 Å². The van der Waals surface area contributed by atoms with Crippen LogP contribution < -0.4 is 0 Å². The van der Waals surface area contributed by atoms with Gasteiger partial charge in [-0.1, -0.05) is 11.6 Å². The lowest BCUT2D eigenvalue weighted by molar-refractivity contribution is 0.653. The summed E-state index contributed by atoms with van der Waals surface area (Å²) in [6, 6.07) is 0. The van der Waals surface area contributed by atoms with Crippen LogP contribution in [-0.4, -0.2) is 39.1 Å². The van der Waals surface area contributed by atoms with E-state index in [0.717, 1.165) is 16.7 Å². The molecule has 0 N–H and O–H groups in total. The van der Waals surface area contributed by atoms with Crippen molar-refractivity contribution in [3.63, 3.8) is 0 Å². The summed E-state index contributed by atoms with van der Waals surface area (Å²) in [5.41, 5.74) is 1.51. The smallest absolute Gasteiger partial charge is 0.173 e. The highest BCUT2D eigenvalue weighted by molar-refractivity contribution is 6.30. The highest BCUT2D eigenvalue weighted by atomic mass is 35.5. The Labute approximate surface area is 117 Å². The minimum absolute atomic E-state index is 0.455. The van der Waals surface area contributed by atoms with Crippen molar-refractivity contribution in [2.75, 3.05) is 0 Å². The zero-order valence-corrected chi connectivity index (χ0v) is 11.2. The maximum Gasteiger partial charge on any atom is 0.173 e. The fourth-order valence-electron chi connectivity index (χ4n) is 2.12. The first-order valence-corrected chi connectivity index (χ1v) is 6.28. The molecule has 4 heterocycles. The third-order valence-electron chi connectivity index (χ3n) is 3.02. The van der Waals surface area contributed by atoms with Crippen LogP contribution in [0.2, 0.25) is 5.02 Å². The van der Waals surface area contributed by atoms with Crippen molar-refractivity contribution in [2.45, 2.75) is 6.54 Å². The first kappa shape index (κ1) is 11.4. The molecule has 0 bridgehead atoms. The van der Waals surface area contributed by atoms with E-state index in [4.69, 9.17) is 11.6 Å². The lowest BCUT2D eigenvalue weighted by atomic mass is 10.4. The molecule has 0 unspecified atom stereocenters. The number of hydrogen-bond donors (Lipinski definition) is 0. The van der Waals surface area contributed by atoms with Gasteiger partial charge >= 0.3 is 0 Å². The predicted molar refractivity (Wildman–Crippen MR) is 71.4 cm³/mol. The summed E-state index contributed by atoms with van der Waals surface area (Å²) in [6.45, 7) is 0.455. The van der Waals surface area contributed by atoms with Crippen LogP contribution in [0.5, 0.6) is 0 Å². The number of rotatable bonds is 2. The fraction of sp³-hybridized carbons (Fsp3) is 0.182. The van der Waals surface area contributed by atoms with Gasteiger partial charge < -0.3 is 0 Å². The first-order valence-electron chi connectivity index (χ1n) is 5.90. The molecular weight excluding hydrogens is 280 g/mol. The normalized spacial score (nSPS) is 11.7. The standard InChI is InChI=1S/C11H9ClN8/c1-18-10-8(3-14-18)11-16-9(17-20(11)6-13-10)5-19-4-7(12)2-15-19/h2-4,6H,5H2,1H3. The van der Waals surface area contributed by atoms with E-state index >= 15 is 0 Å². The van der Waals surface area contributed by atoms with E-state index in [1.165, 1.54) is 0 Å². The Bertz CT molecular complexity index is 917. The second-order valence-electron chi connectivity index (χ2n) is 4.40. The fourth-order valence-corrected chi connectivity index (χ4v) is 2.28. The van der Waals surface area contributed by atoms with Gasteiger partial charge in [0, 0.05) is 13.2 Å². The molecular formula is C11H9ClN8. The number of hydrogen-bond acceptors (Lipinski definition) is 5. The Kier molecular flexibility index (Phi) is 2.27. The molecule has 0 radical (unpaired) electrons. The molecule has 0 saturated carbocycles. The summed E-state index contributed by atoms with van der Waals surface area (Å²) >= 11 is 5.84. The number of fused-ring (bicyclic) bond motifs is 3. The minimum Gasteiger partial charge on any atom is -0.263 e. The van der Waals surface area contributed by atoms with Crippen molar-refractivity contribution in [3.8, 4) is 0 Å². The van der Waals surface area contributed by atoms with Gasteiger partial charge in [-0.25, -0.2) is 14.5 Å². The number of aromatic nitrogens is 8. The Morgan fingerprint density at radius 1 is 1.20 bits per heavy atom. The molecule has 0 fully saturated rings. The lowest BCUT2D eigenvalue weighted by Gasteiger charge is -1.93. The topological polar surface area (TPSA) is 78.7 Å². The average molecular weight is 289 g/mol. The highest BCUT2D eigenvalue weighted by Crippen LogP contribution is 2.15. The van der Waals surface area contributed by atoms with Crippen LogP contribution in [-0.2, 0) is 13.6 Å². The summed E-state index contributed by atoms with van der Waals surface area (Å²) in [5.74, 6) is 0.642. The predicted octanol–water partition coefficient (Wildman–Crippen LogP) is 0.909. The third kappa shape index (κ3) is 1.65. The van der Waals surface area contributed by atoms with Crippen LogP contribution in [0.15, 0.2) is 24.9 Å². The lowest BCUT2D eigenvalue weighted by Crippen LogP contribution is -2.01. The average Bonchev–Trinajstić information content (AvgIpc) is 3.09. The molecule has 20 heavy (non-hydrogen) atoms. The molecule has 0 aliphatic rings.